The summed E-state index contributed by atoms with van der Waals surface area (Å²) in [6, 6.07) is 9.66. The van der Waals surface area contributed by atoms with Crippen molar-refractivity contribution in [1.29, 1.82) is 0 Å². The molecule has 28 heavy (non-hydrogen) atoms. The molecule has 148 valence electrons. The predicted molar refractivity (Wildman–Crippen MR) is 105 cm³/mol. The molecule has 3 rings (SSSR count). The zero-order valence-corrected chi connectivity index (χ0v) is 16.4. The first-order valence-corrected chi connectivity index (χ1v) is 9.38. The van der Waals surface area contributed by atoms with Crippen molar-refractivity contribution in [1.82, 2.24) is 16.0 Å². The Balaban J connectivity index is 1.89. The van der Waals surface area contributed by atoms with Crippen LogP contribution in [0.5, 0.6) is 0 Å². The molecule has 7 nitrogen and oxygen atoms in total. The first-order valence-electron chi connectivity index (χ1n) is 9.00. The van der Waals surface area contributed by atoms with Crippen molar-refractivity contribution < 1.29 is 18.7 Å². The van der Waals surface area contributed by atoms with Crippen LogP contribution in [-0.4, -0.2) is 25.2 Å². The molecular formula is C20H22ClN3O4. The molecule has 2 aromatic rings. The number of hydrogen-bond acceptors (Lipinski definition) is 5. The molecule has 1 aromatic heterocycles. The Morgan fingerprint density at radius 1 is 1.32 bits per heavy atom. The lowest BCUT2D eigenvalue weighted by atomic mass is 9.99. The highest BCUT2D eigenvalue weighted by molar-refractivity contribution is 6.31. The van der Waals surface area contributed by atoms with Gasteiger partial charge in [0, 0.05) is 23.3 Å². The number of carbonyl (C=O) groups excluding carboxylic acids is 2. The Hall–Kier alpha value is -2.77. The number of rotatable bonds is 7. The molecule has 2 amide bonds. The maximum Gasteiger partial charge on any atom is 0.338 e. The third-order valence-corrected chi connectivity index (χ3v) is 4.78. The summed E-state index contributed by atoms with van der Waals surface area (Å²) in [6.45, 7) is 4.15. The minimum absolute atomic E-state index is 0.0986. The van der Waals surface area contributed by atoms with Gasteiger partial charge in [0.2, 0.25) is 0 Å². The van der Waals surface area contributed by atoms with Gasteiger partial charge >= 0.3 is 12.0 Å². The summed E-state index contributed by atoms with van der Waals surface area (Å²) in [5.74, 6) is -0.0619. The van der Waals surface area contributed by atoms with E-state index in [-0.39, 0.29) is 19.2 Å². The fraction of sp³-hybridized carbons (Fsp3) is 0.300. The van der Waals surface area contributed by atoms with Crippen molar-refractivity contribution in [3.05, 3.63) is 70.3 Å². The molecule has 0 saturated heterocycles. The van der Waals surface area contributed by atoms with E-state index in [1.54, 1.807) is 19.1 Å². The lowest BCUT2D eigenvalue weighted by Crippen LogP contribution is -2.48. The number of nitrogens with one attached hydrogen (secondary N) is 3. The van der Waals surface area contributed by atoms with Crippen molar-refractivity contribution in [2.24, 2.45) is 0 Å². The van der Waals surface area contributed by atoms with E-state index < -0.39 is 18.0 Å². The Bertz CT molecular complexity index is 879. The van der Waals surface area contributed by atoms with E-state index in [1.165, 1.54) is 6.26 Å². The molecule has 1 aromatic carbocycles. The van der Waals surface area contributed by atoms with E-state index >= 15 is 0 Å². The van der Waals surface area contributed by atoms with Gasteiger partial charge in [0.15, 0.2) is 0 Å². The highest BCUT2D eigenvalue weighted by Gasteiger charge is 2.35. The summed E-state index contributed by atoms with van der Waals surface area (Å²) >= 11 is 6.26. The number of benzene rings is 1. The van der Waals surface area contributed by atoms with E-state index in [9.17, 15) is 9.59 Å². The highest BCUT2D eigenvalue weighted by atomic mass is 35.5. The molecule has 2 heterocycles. The number of urea groups is 1. The third kappa shape index (κ3) is 4.37. The second-order valence-electron chi connectivity index (χ2n) is 6.28. The molecule has 0 bridgehead atoms. The van der Waals surface area contributed by atoms with Crippen LogP contribution in [-0.2, 0) is 9.53 Å². The topological polar surface area (TPSA) is 92.6 Å². The largest absolute Gasteiger partial charge is 0.467 e. The van der Waals surface area contributed by atoms with E-state index in [4.69, 9.17) is 20.8 Å². The monoisotopic (exact) mass is 403 g/mol. The SMILES string of the molecule is CCOC(=O)C1=C(CN[C@H](C)c2ccccc2Cl)NC(=O)N[C@H]1c1ccco1. The molecule has 0 fully saturated rings. The summed E-state index contributed by atoms with van der Waals surface area (Å²) in [6.07, 6.45) is 1.49. The van der Waals surface area contributed by atoms with Gasteiger partial charge in [-0.15, -0.1) is 0 Å². The standard InChI is InChI=1S/C20H22ClN3O4/c1-3-27-19(25)17-15(11-22-12(2)13-7-4-5-8-14(13)21)23-20(26)24-18(17)16-9-6-10-28-16/h4-10,12,18,22H,3,11H2,1-2H3,(H2,23,24,26)/t12-,18+/m1/s1. The second-order valence-corrected chi connectivity index (χ2v) is 6.69. The normalized spacial score (nSPS) is 17.7. The van der Waals surface area contributed by atoms with Crippen molar-refractivity contribution in [3.8, 4) is 0 Å². The number of furan rings is 1. The zero-order chi connectivity index (χ0) is 20.1. The number of hydrogen-bond donors (Lipinski definition) is 3. The number of ether oxygens (including phenoxy) is 1. The fourth-order valence-electron chi connectivity index (χ4n) is 3.07. The zero-order valence-electron chi connectivity index (χ0n) is 15.6. The van der Waals surface area contributed by atoms with Gasteiger partial charge in [-0.05, 0) is 37.6 Å². The summed E-state index contributed by atoms with van der Waals surface area (Å²) < 4.78 is 10.6. The number of esters is 1. The van der Waals surface area contributed by atoms with Gasteiger partial charge in [-0.25, -0.2) is 9.59 Å². The summed E-state index contributed by atoms with van der Waals surface area (Å²) in [5, 5.41) is 9.37. The molecule has 0 radical (unpaired) electrons. The molecule has 1 aliphatic heterocycles. The van der Waals surface area contributed by atoms with E-state index in [0.717, 1.165) is 5.56 Å². The van der Waals surface area contributed by atoms with Crippen LogP contribution in [0, 0.1) is 0 Å². The van der Waals surface area contributed by atoms with Crippen molar-refractivity contribution >= 4 is 23.6 Å². The molecule has 8 heteroatoms. The summed E-state index contributed by atoms with van der Waals surface area (Å²) in [7, 11) is 0. The molecular weight excluding hydrogens is 382 g/mol. The van der Waals surface area contributed by atoms with Crippen LogP contribution in [0.2, 0.25) is 5.02 Å². The van der Waals surface area contributed by atoms with Gasteiger partial charge in [0.05, 0.1) is 18.4 Å². The smallest absolute Gasteiger partial charge is 0.338 e. The molecule has 1 aliphatic rings. The Morgan fingerprint density at radius 2 is 2.11 bits per heavy atom. The third-order valence-electron chi connectivity index (χ3n) is 4.43. The average Bonchev–Trinajstić information content (AvgIpc) is 3.20. The van der Waals surface area contributed by atoms with Crippen LogP contribution in [0.15, 0.2) is 58.3 Å². The number of amides is 2. The molecule has 3 N–H and O–H groups in total. The van der Waals surface area contributed by atoms with Crippen LogP contribution in [0.3, 0.4) is 0 Å². The van der Waals surface area contributed by atoms with Crippen molar-refractivity contribution in [3.63, 3.8) is 0 Å². The van der Waals surface area contributed by atoms with E-state index in [1.807, 2.05) is 31.2 Å². The molecule has 0 aliphatic carbocycles. The predicted octanol–water partition coefficient (Wildman–Crippen LogP) is 3.45. The van der Waals surface area contributed by atoms with Crippen LogP contribution in [0.1, 0.15) is 37.3 Å². The van der Waals surface area contributed by atoms with Gasteiger partial charge in [-0.2, -0.15) is 0 Å². The fourth-order valence-corrected chi connectivity index (χ4v) is 3.37. The van der Waals surface area contributed by atoms with Crippen LogP contribution < -0.4 is 16.0 Å². The lowest BCUT2D eigenvalue weighted by molar-refractivity contribution is -0.139. The van der Waals surface area contributed by atoms with Crippen molar-refractivity contribution in [2.75, 3.05) is 13.2 Å². The van der Waals surface area contributed by atoms with Crippen LogP contribution in [0.25, 0.3) is 0 Å². The van der Waals surface area contributed by atoms with Gasteiger partial charge in [0.1, 0.15) is 11.8 Å². The molecule has 0 unspecified atom stereocenters. The van der Waals surface area contributed by atoms with Crippen LogP contribution >= 0.6 is 11.6 Å². The Morgan fingerprint density at radius 3 is 2.79 bits per heavy atom. The maximum atomic E-state index is 12.6. The number of halogens is 1. The van der Waals surface area contributed by atoms with E-state index in [0.29, 0.717) is 22.1 Å². The van der Waals surface area contributed by atoms with Gasteiger partial charge in [0.25, 0.3) is 0 Å². The Kier molecular flexibility index (Phi) is 6.38. The van der Waals surface area contributed by atoms with Gasteiger partial charge in [-0.1, -0.05) is 29.8 Å². The Labute approximate surface area is 168 Å². The summed E-state index contributed by atoms with van der Waals surface area (Å²) in [5.41, 5.74) is 1.66. The summed E-state index contributed by atoms with van der Waals surface area (Å²) in [4.78, 5) is 24.8. The van der Waals surface area contributed by atoms with Crippen LogP contribution in [0.4, 0.5) is 4.79 Å². The minimum atomic E-state index is -0.727. The first kappa shape index (κ1) is 20.0. The average molecular weight is 404 g/mol. The minimum Gasteiger partial charge on any atom is -0.467 e. The van der Waals surface area contributed by atoms with E-state index in [2.05, 4.69) is 16.0 Å². The lowest BCUT2D eigenvalue weighted by Gasteiger charge is -2.28. The quantitative estimate of drug-likeness (QED) is 0.616. The number of carbonyl (C=O) groups is 2. The van der Waals surface area contributed by atoms with Gasteiger partial charge < -0.3 is 25.1 Å². The van der Waals surface area contributed by atoms with Gasteiger partial charge in [-0.3, -0.25) is 0 Å². The maximum absolute atomic E-state index is 12.6. The second kappa shape index (κ2) is 8.95. The van der Waals surface area contributed by atoms with Crippen molar-refractivity contribution in [2.45, 2.75) is 25.9 Å². The molecule has 0 spiro atoms. The molecule has 0 saturated carbocycles. The first-order chi connectivity index (χ1) is 13.5. The molecule has 2 atom stereocenters. The highest BCUT2D eigenvalue weighted by Crippen LogP contribution is 2.28.